The fourth-order valence-electron chi connectivity index (χ4n) is 1.08. The lowest BCUT2D eigenvalue weighted by Crippen LogP contribution is -2.09. The molecule has 0 spiro atoms. The van der Waals surface area contributed by atoms with Crippen molar-refractivity contribution in [1.29, 1.82) is 0 Å². The molecule has 5 heteroatoms. The molecule has 1 aromatic carbocycles. The molecule has 1 aromatic heterocycles. The average Bonchev–Trinajstić information content (AvgIpc) is 2.02. The second-order valence-corrected chi connectivity index (χ2v) is 2.90. The molecule has 2 rings (SSSR count). The molecule has 2 aromatic rings. The zero-order chi connectivity index (χ0) is 9.42. The van der Waals surface area contributed by atoms with Gasteiger partial charge in [-0.15, -0.1) is 0 Å². The van der Waals surface area contributed by atoms with Crippen molar-refractivity contribution in [3.05, 3.63) is 39.7 Å². The van der Waals surface area contributed by atoms with Gasteiger partial charge in [-0.05, 0) is 12.1 Å². The predicted octanol–water partition coefficient (Wildman–Crippen LogP) is 1.72. The van der Waals surface area contributed by atoms with Crippen LogP contribution in [-0.4, -0.2) is 9.97 Å². The van der Waals surface area contributed by atoms with Crippen LogP contribution in [0.15, 0.2) is 23.0 Å². The fraction of sp³-hybridized carbons (Fsp3) is 0. The largest absolute Gasteiger partial charge is 0.346 e. The first-order valence-electron chi connectivity index (χ1n) is 3.52. The van der Waals surface area contributed by atoms with Gasteiger partial charge in [0.15, 0.2) is 0 Å². The lowest BCUT2D eigenvalue weighted by Gasteiger charge is -1.97. The number of fused-ring (bicyclic) bond motifs is 1. The summed E-state index contributed by atoms with van der Waals surface area (Å²) in [5.74, 6) is -0.443. The number of benzene rings is 1. The van der Waals surface area contributed by atoms with Crippen molar-refractivity contribution in [2.75, 3.05) is 0 Å². The first-order chi connectivity index (χ1) is 6.16. The van der Waals surface area contributed by atoms with Crippen molar-refractivity contribution in [2.24, 2.45) is 0 Å². The van der Waals surface area contributed by atoms with Crippen molar-refractivity contribution < 1.29 is 4.39 Å². The number of H-pyrrole nitrogens is 1. The molecule has 66 valence electrons. The average molecular weight is 199 g/mol. The smallest absolute Gasteiger partial charge is 0.296 e. The van der Waals surface area contributed by atoms with Crippen molar-refractivity contribution in [1.82, 2.24) is 9.97 Å². The van der Waals surface area contributed by atoms with E-state index in [-0.39, 0.29) is 10.7 Å². The standard InChI is InChI=1S/C8H4ClFN2O/c9-7-5-2-1-4(10)3-6(5)11-8(13)12-7/h1-3H,(H,11,12,13). The van der Waals surface area contributed by atoms with E-state index in [0.717, 1.165) is 6.07 Å². The second kappa shape index (κ2) is 2.81. The maximum Gasteiger partial charge on any atom is 0.346 e. The van der Waals surface area contributed by atoms with Gasteiger partial charge in [-0.1, -0.05) is 11.6 Å². The molecule has 0 radical (unpaired) electrons. The first kappa shape index (κ1) is 8.19. The Hall–Kier alpha value is -1.42. The van der Waals surface area contributed by atoms with E-state index in [4.69, 9.17) is 11.6 Å². The predicted molar refractivity (Wildman–Crippen MR) is 47.3 cm³/mol. The summed E-state index contributed by atoms with van der Waals surface area (Å²) in [5.41, 5.74) is -0.322. The minimum atomic E-state index is -0.580. The number of hydrogen-bond donors (Lipinski definition) is 1. The van der Waals surface area contributed by atoms with E-state index in [1.165, 1.54) is 12.1 Å². The lowest BCUT2D eigenvalue weighted by atomic mass is 10.2. The fourth-order valence-corrected chi connectivity index (χ4v) is 1.32. The highest BCUT2D eigenvalue weighted by Gasteiger charge is 2.02. The summed E-state index contributed by atoms with van der Waals surface area (Å²) in [6.07, 6.45) is 0. The van der Waals surface area contributed by atoms with E-state index in [9.17, 15) is 9.18 Å². The van der Waals surface area contributed by atoms with Crippen molar-refractivity contribution in [3.8, 4) is 0 Å². The molecule has 0 fully saturated rings. The molecule has 0 saturated carbocycles. The summed E-state index contributed by atoms with van der Waals surface area (Å²) in [4.78, 5) is 16.7. The number of nitrogens with one attached hydrogen (secondary N) is 1. The van der Waals surface area contributed by atoms with Crippen molar-refractivity contribution in [2.45, 2.75) is 0 Å². The van der Waals surface area contributed by atoms with Crippen LogP contribution in [0.2, 0.25) is 5.15 Å². The van der Waals surface area contributed by atoms with Gasteiger partial charge in [0.05, 0.1) is 5.52 Å². The summed E-state index contributed by atoms with van der Waals surface area (Å²) < 4.78 is 12.7. The minimum Gasteiger partial charge on any atom is -0.296 e. The van der Waals surface area contributed by atoms with Crippen LogP contribution >= 0.6 is 11.6 Å². The highest BCUT2D eigenvalue weighted by atomic mass is 35.5. The molecule has 1 heterocycles. The van der Waals surface area contributed by atoms with Crippen LogP contribution < -0.4 is 5.69 Å². The van der Waals surface area contributed by atoms with Gasteiger partial charge in [-0.3, -0.25) is 4.98 Å². The Morgan fingerprint density at radius 3 is 3.00 bits per heavy atom. The van der Waals surface area contributed by atoms with E-state index in [2.05, 4.69) is 9.97 Å². The zero-order valence-corrected chi connectivity index (χ0v) is 7.10. The minimum absolute atomic E-state index is 0.176. The third-order valence-corrected chi connectivity index (χ3v) is 1.93. The summed E-state index contributed by atoms with van der Waals surface area (Å²) in [6.45, 7) is 0. The topological polar surface area (TPSA) is 45.8 Å². The summed E-state index contributed by atoms with van der Waals surface area (Å²) in [7, 11) is 0. The van der Waals surface area contributed by atoms with Crippen LogP contribution in [0.25, 0.3) is 10.9 Å². The van der Waals surface area contributed by atoms with Gasteiger partial charge in [0.1, 0.15) is 11.0 Å². The van der Waals surface area contributed by atoms with E-state index in [1.807, 2.05) is 0 Å². The van der Waals surface area contributed by atoms with Gasteiger partial charge in [0.2, 0.25) is 0 Å². The summed E-state index contributed by atoms with van der Waals surface area (Å²) in [5, 5.41) is 0.706. The molecule has 0 unspecified atom stereocenters. The number of halogens is 2. The van der Waals surface area contributed by atoms with Gasteiger partial charge in [-0.2, -0.15) is 4.98 Å². The second-order valence-electron chi connectivity index (χ2n) is 2.52. The van der Waals surface area contributed by atoms with E-state index < -0.39 is 11.5 Å². The molecule has 0 atom stereocenters. The Labute approximate surface area is 77.2 Å². The summed E-state index contributed by atoms with van der Waals surface area (Å²) in [6, 6.07) is 3.89. The maximum absolute atomic E-state index is 12.7. The first-order valence-corrected chi connectivity index (χ1v) is 3.90. The van der Waals surface area contributed by atoms with Crippen LogP contribution in [-0.2, 0) is 0 Å². The van der Waals surface area contributed by atoms with Gasteiger partial charge in [-0.25, -0.2) is 9.18 Å². The molecule has 0 aliphatic heterocycles. The number of nitrogens with zero attached hydrogens (tertiary/aromatic N) is 1. The van der Waals surface area contributed by atoms with E-state index >= 15 is 0 Å². The number of rotatable bonds is 0. The zero-order valence-electron chi connectivity index (χ0n) is 6.34. The molecular formula is C8H4ClFN2O. The Balaban J connectivity index is 2.94. The van der Waals surface area contributed by atoms with Crippen LogP contribution in [0.1, 0.15) is 0 Å². The van der Waals surface area contributed by atoms with Gasteiger partial charge < -0.3 is 0 Å². The lowest BCUT2D eigenvalue weighted by molar-refractivity contribution is 0.629. The van der Waals surface area contributed by atoms with Gasteiger partial charge in [0.25, 0.3) is 0 Å². The SMILES string of the molecule is O=c1nc2cc(F)ccc2c(Cl)[nH]1. The molecule has 1 N–H and O–H groups in total. The molecule has 0 aliphatic carbocycles. The molecule has 13 heavy (non-hydrogen) atoms. The molecule has 0 bridgehead atoms. The van der Waals surface area contributed by atoms with Crippen LogP contribution in [0.3, 0.4) is 0 Å². The Kier molecular flexibility index (Phi) is 1.77. The summed E-state index contributed by atoms with van der Waals surface area (Å²) >= 11 is 5.70. The van der Waals surface area contributed by atoms with E-state index in [0.29, 0.717) is 5.39 Å². The van der Waals surface area contributed by atoms with E-state index in [1.54, 1.807) is 0 Å². The molecule has 3 nitrogen and oxygen atoms in total. The third kappa shape index (κ3) is 1.40. The van der Waals surface area contributed by atoms with Crippen molar-refractivity contribution >= 4 is 22.5 Å². The van der Waals surface area contributed by atoms with Gasteiger partial charge >= 0.3 is 5.69 Å². The van der Waals surface area contributed by atoms with Crippen LogP contribution in [0.5, 0.6) is 0 Å². The highest BCUT2D eigenvalue weighted by Crippen LogP contribution is 2.17. The molecule has 0 aliphatic rings. The monoisotopic (exact) mass is 198 g/mol. The number of aromatic nitrogens is 2. The third-order valence-electron chi connectivity index (χ3n) is 1.63. The quantitative estimate of drug-likeness (QED) is 0.655. The van der Waals surface area contributed by atoms with Crippen LogP contribution in [0, 0.1) is 5.82 Å². The molecular weight excluding hydrogens is 195 g/mol. The van der Waals surface area contributed by atoms with Crippen molar-refractivity contribution in [3.63, 3.8) is 0 Å². The Morgan fingerprint density at radius 1 is 1.46 bits per heavy atom. The van der Waals surface area contributed by atoms with Gasteiger partial charge in [0, 0.05) is 11.5 Å². The van der Waals surface area contributed by atoms with Crippen LogP contribution in [0.4, 0.5) is 4.39 Å². The number of hydrogen-bond acceptors (Lipinski definition) is 2. The Bertz CT molecular complexity index is 523. The maximum atomic E-state index is 12.7. The highest BCUT2D eigenvalue weighted by molar-refractivity contribution is 6.33. The normalized spacial score (nSPS) is 10.6. The molecule has 0 saturated heterocycles. The molecule has 0 amide bonds. The number of aromatic amines is 1. The Morgan fingerprint density at radius 2 is 2.23 bits per heavy atom.